The Morgan fingerprint density at radius 1 is 1.46 bits per heavy atom. The SMILES string of the molecule is COc1ccc(C=O)cc1OSI. The average molecular weight is 310 g/mol. The Balaban J connectivity index is 3.02. The Hall–Kier alpha value is -0.430. The minimum Gasteiger partial charge on any atom is -0.493 e. The molecule has 0 aliphatic carbocycles. The number of benzene rings is 1. The second-order valence-corrected chi connectivity index (χ2v) is 3.55. The van der Waals surface area contributed by atoms with Gasteiger partial charge >= 0.3 is 0 Å². The number of ether oxygens (including phenoxy) is 1. The second-order valence-electron chi connectivity index (χ2n) is 2.17. The standard InChI is InChI=1S/C8H7IO3S/c1-11-7-3-2-6(5-10)4-8(7)12-13-9/h2-5H,1H3. The van der Waals surface area contributed by atoms with E-state index in [4.69, 9.17) is 8.92 Å². The highest BCUT2D eigenvalue weighted by Crippen LogP contribution is 2.31. The summed E-state index contributed by atoms with van der Waals surface area (Å²) >= 11 is 2.00. The number of halogens is 1. The van der Waals surface area contributed by atoms with Gasteiger partial charge in [0.25, 0.3) is 0 Å². The summed E-state index contributed by atoms with van der Waals surface area (Å²) in [6.45, 7) is 0. The van der Waals surface area contributed by atoms with Gasteiger partial charge in [-0.1, -0.05) is 0 Å². The van der Waals surface area contributed by atoms with Crippen molar-refractivity contribution in [3.8, 4) is 11.5 Å². The van der Waals surface area contributed by atoms with Gasteiger partial charge in [0, 0.05) is 26.8 Å². The number of aldehydes is 1. The quantitative estimate of drug-likeness (QED) is 0.487. The van der Waals surface area contributed by atoms with Crippen LogP contribution in [0, 0.1) is 0 Å². The molecule has 13 heavy (non-hydrogen) atoms. The Labute approximate surface area is 92.6 Å². The number of rotatable bonds is 4. The van der Waals surface area contributed by atoms with Crippen LogP contribution in [0.25, 0.3) is 0 Å². The van der Waals surface area contributed by atoms with Gasteiger partial charge in [-0.2, -0.15) is 0 Å². The van der Waals surface area contributed by atoms with Gasteiger partial charge in [0.1, 0.15) is 15.5 Å². The van der Waals surface area contributed by atoms with E-state index in [9.17, 15) is 4.79 Å². The van der Waals surface area contributed by atoms with E-state index in [-0.39, 0.29) is 0 Å². The largest absolute Gasteiger partial charge is 0.493 e. The number of hydrogen-bond donors (Lipinski definition) is 0. The van der Waals surface area contributed by atoms with Crippen LogP contribution in [0.1, 0.15) is 10.4 Å². The summed E-state index contributed by atoms with van der Waals surface area (Å²) in [4.78, 5) is 10.5. The average Bonchev–Trinajstić information content (AvgIpc) is 2.18. The van der Waals surface area contributed by atoms with E-state index in [1.54, 1.807) is 25.3 Å². The first-order valence-corrected chi connectivity index (χ1v) is 6.68. The molecule has 70 valence electrons. The molecule has 0 atom stereocenters. The lowest BCUT2D eigenvalue weighted by Gasteiger charge is -2.06. The summed E-state index contributed by atoms with van der Waals surface area (Å²) in [5.74, 6) is 1.18. The molecule has 0 fully saturated rings. The monoisotopic (exact) mass is 310 g/mol. The van der Waals surface area contributed by atoms with Crippen LogP contribution in [0.3, 0.4) is 0 Å². The van der Waals surface area contributed by atoms with Gasteiger partial charge in [-0.25, -0.2) is 0 Å². The van der Waals surface area contributed by atoms with Crippen LogP contribution < -0.4 is 8.92 Å². The molecule has 0 saturated carbocycles. The van der Waals surface area contributed by atoms with Crippen molar-refractivity contribution in [3.63, 3.8) is 0 Å². The van der Waals surface area contributed by atoms with E-state index in [0.29, 0.717) is 17.1 Å². The number of methoxy groups -OCH3 is 1. The fourth-order valence-electron chi connectivity index (χ4n) is 0.866. The smallest absolute Gasteiger partial charge is 0.181 e. The van der Waals surface area contributed by atoms with Gasteiger partial charge in [-0.05, 0) is 18.2 Å². The molecule has 0 unspecified atom stereocenters. The lowest BCUT2D eigenvalue weighted by atomic mass is 10.2. The fourth-order valence-corrected chi connectivity index (χ4v) is 1.64. The maximum atomic E-state index is 10.5. The van der Waals surface area contributed by atoms with Crippen molar-refractivity contribution >= 4 is 36.7 Å². The van der Waals surface area contributed by atoms with Crippen LogP contribution in [0.2, 0.25) is 0 Å². The summed E-state index contributed by atoms with van der Waals surface area (Å²) in [5, 5.41) is 0. The molecule has 0 amide bonds. The molecule has 0 aliphatic rings. The van der Waals surface area contributed by atoms with Crippen LogP contribution in [0.5, 0.6) is 11.5 Å². The Morgan fingerprint density at radius 2 is 2.23 bits per heavy atom. The molecule has 3 nitrogen and oxygen atoms in total. The van der Waals surface area contributed by atoms with Crippen molar-refractivity contribution in [2.24, 2.45) is 0 Å². The fraction of sp³-hybridized carbons (Fsp3) is 0.125. The first kappa shape index (κ1) is 10.6. The molecule has 0 aliphatic heterocycles. The van der Waals surface area contributed by atoms with Crippen molar-refractivity contribution in [2.75, 3.05) is 7.11 Å². The van der Waals surface area contributed by atoms with Gasteiger partial charge in [0.15, 0.2) is 11.5 Å². The molecular formula is C8H7IO3S. The lowest BCUT2D eigenvalue weighted by molar-refractivity contribution is 0.112. The molecular weight excluding hydrogens is 303 g/mol. The van der Waals surface area contributed by atoms with E-state index in [1.165, 1.54) is 9.21 Å². The van der Waals surface area contributed by atoms with E-state index < -0.39 is 0 Å². The number of carbonyl (C=O) groups excluding carboxylic acids is 1. The molecule has 1 rings (SSSR count). The molecule has 0 bridgehead atoms. The predicted molar refractivity (Wildman–Crippen MR) is 60.6 cm³/mol. The van der Waals surface area contributed by atoms with Crippen molar-refractivity contribution in [1.82, 2.24) is 0 Å². The molecule has 0 radical (unpaired) electrons. The first-order chi connectivity index (χ1) is 6.31. The van der Waals surface area contributed by atoms with Gasteiger partial charge in [0.05, 0.1) is 7.11 Å². The van der Waals surface area contributed by atoms with E-state index in [1.807, 2.05) is 21.2 Å². The van der Waals surface area contributed by atoms with Crippen LogP contribution in [-0.4, -0.2) is 13.4 Å². The molecule has 0 heterocycles. The maximum Gasteiger partial charge on any atom is 0.181 e. The highest BCUT2D eigenvalue weighted by atomic mass is 127. The zero-order chi connectivity index (χ0) is 9.68. The summed E-state index contributed by atoms with van der Waals surface area (Å²) in [6.07, 6.45) is 0.768. The Kier molecular flexibility index (Phi) is 4.37. The summed E-state index contributed by atoms with van der Waals surface area (Å²) in [6, 6.07) is 5.01. The zero-order valence-corrected chi connectivity index (χ0v) is 9.79. The normalized spacial score (nSPS) is 9.38. The second kappa shape index (κ2) is 5.33. The van der Waals surface area contributed by atoms with E-state index in [2.05, 4.69) is 0 Å². The molecule has 0 spiro atoms. The van der Waals surface area contributed by atoms with Crippen LogP contribution in [-0.2, 0) is 0 Å². The summed E-state index contributed by atoms with van der Waals surface area (Å²) < 4.78 is 10.2. The van der Waals surface area contributed by atoms with Gasteiger partial charge in [-0.15, -0.1) is 0 Å². The maximum absolute atomic E-state index is 10.5. The topological polar surface area (TPSA) is 35.5 Å². The van der Waals surface area contributed by atoms with Gasteiger partial charge in [-0.3, -0.25) is 4.79 Å². The van der Waals surface area contributed by atoms with Gasteiger partial charge < -0.3 is 8.92 Å². The van der Waals surface area contributed by atoms with E-state index >= 15 is 0 Å². The molecule has 1 aromatic carbocycles. The minimum atomic E-state index is 0.562. The minimum absolute atomic E-state index is 0.562. The molecule has 5 heteroatoms. The molecule has 0 aromatic heterocycles. The number of hydrogen-bond acceptors (Lipinski definition) is 4. The highest BCUT2D eigenvalue weighted by molar-refractivity contribution is 14.2. The zero-order valence-electron chi connectivity index (χ0n) is 6.82. The lowest BCUT2D eigenvalue weighted by Crippen LogP contribution is -1.89. The van der Waals surface area contributed by atoms with Crippen molar-refractivity contribution in [3.05, 3.63) is 23.8 Å². The first-order valence-electron chi connectivity index (χ1n) is 3.40. The highest BCUT2D eigenvalue weighted by Gasteiger charge is 2.05. The Morgan fingerprint density at radius 3 is 2.77 bits per heavy atom. The van der Waals surface area contributed by atoms with Crippen molar-refractivity contribution < 1.29 is 13.7 Å². The Bertz CT molecular complexity index is 303. The van der Waals surface area contributed by atoms with Crippen LogP contribution in [0.4, 0.5) is 0 Å². The molecule has 0 N–H and O–H groups in total. The summed E-state index contributed by atoms with van der Waals surface area (Å²) in [5.41, 5.74) is 0.571. The van der Waals surface area contributed by atoms with Crippen LogP contribution in [0.15, 0.2) is 18.2 Å². The van der Waals surface area contributed by atoms with E-state index in [0.717, 1.165) is 6.29 Å². The number of carbonyl (C=O) groups is 1. The third-order valence-electron chi connectivity index (χ3n) is 1.45. The third kappa shape index (κ3) is 2.77. The van der Waals surface area contributed by atoms with Gasteiger partial charge in [0.2, 0.25) is 0 Å². The summed E-state index contributed by atoms with van der Waals surface area (Å²) in [7, 11) is 2.73. The predicted octanol–water partition coefficient (Wildman–Crippen LogP) is 2.88. The molecule has 1 aromatic rings. The van der Waals surface area contributed by atoms with Crippen molar-refractivity contribution in [1.29, 1.82) is 0 Å². The third-order valence-corrected chi connectivity index (χ3v) is 2.23. The molecule has 0 saturated heterocycles. The van der Waals surface area contributed by atoms with Crippen LogP contribution >= 0.6 is 30.4 Å². The van der Waals surface area contributed by atoms with Crippen molar-refractivity contribution in [2.45, 2.75) is 0 Å².